The number of aromatic nitrogens is 2. The Kier molecular flexibility index (Phi) is 16.4. The van der Waals surface area contributed by atoms with Crippen LogP contribution in [0.1, 0.15) is 53.8 Å². The molecule has 7 nitrogen and oxygen atoms in total. The Hall–Kier alpha value is -2.64. The largest absolute Gasteiger partial charge is 0.493 e. The standard InChI is InChI=1S/C21H27N3O3.C2H6O.2C2H6/c1-6-7-13(2)14(3)22-21-17-10-20(27-16-8-9-26-12-16)19(25-5)11-18(17)23-15(4)24-21;1-3-2;2*1-2/h6-7,10-11,14,16H,2,8-9,12H2,1,3-5H3,(H,22,23,24);1-2H3;2*1-2H3/b7-6-;;;. The van der Waals surface area contributed by atoms with Gasteiger partial charge in [-0.15, -0.1) is 0 Å². The minimum Gasteiger partial charge on any atom is -0.493 e. The average Bonchev–Trinajstić information content (AvgIpc) is 3.35. The normalized spacial score (nSPS) is 15.2. The number of fused-ring (bicyclic) bond motifs is 1. The molecule has 1 aliphatic rings. The summed E-state index contributed by atoms with van der Waals surface area (Å²) in [6.45, 7) is 19.3. The van der Waals surface area contributed by atoms with Gasteiger partial charge in [0.25, 0.3) is 0 Å². The molecule has 1 aromatic heterocycles. The van der Waals surface area contributed by atoms with Crippen LogP contribution in [-0.4, -0.2) is 56.7 Å². The molecule has 0 bridgehead atoms. The molecule has 7 heteroatoms. The SMILES string of the molecule is C=C(/C=C\C)C(C)Nc1nc(C)nc2cc(OC)c(OC3CCOC3)cc12.CC.CC.COC. The zero-order valence-electron chi connectivity index (χ0n) is 22.8. The number of aryl methyl sites for hydroxylation is 1. The first kappa shape index (κ1) is 31.4. The molecular formula is C27H45N3O4. The number of hydrogen-bond donors (Lipinski definition) is 1. The monoisotopic (exact) mass is 475 g/mol. The van der Waals surface area contributed by atoms with Crippen molar-refractivity contribution in [3.8, 4) is 11.5 Å². The molecule has 34 heavy (non-hydrogen) atoms. The predicted octanol–water partition coefficient (Wildman–Crippen LogP) is 6.36. The molecule has 2 heterocycles. The molecule has 2 unspecified atom stereocenters. The van der Waals surface area contributed by atoms with E-state index in [9.17, 15) is 0 Å². The van der Waals surface area contributed by atoms with E-state index in [0.717, 1.165) is 35.3 Å². The Morgan fingerprint density at radius 2 is 1.79 bits per heavy atom. The Morgan fingerprint density at radius 1 is 1.15 bits per heavy atom. The fourth-order valence-electron chi connectivity index (χ4n) is 3.06. The molecule has 3 rings (SSSR count). The lowest BCUT2D eigenvalue weighted by atomic mass is 10.1. The van der Waals surface area contributed by atoms with Crippen LogP contribution in [0.4, 0.5) is 5.82 Å². The van der Waals surface area contributed by atoms with Crippen LogP contribution in [0.25, 0.3) is 10.9 Å². The van der Waals surface area contributed by atoms with E-state index in [0.29, 0.717) is 23.9 Å². The highest BCUT2D eigenvalue weighted by molar-refractivity contribution is 5.92. The third kappa shape index (κ3) is 9.69. The molecule has 0 radical (unpaired) electrons. The highest BCUT2D eigenvalue weighted by Gasteiger charge is 2.21. The highest BCUT2D eigenvalue weighted by atomic mass is 16.6. The molecule has 0 aliphatic carbocycles. The number of nitrogens with one attached hydrogen (secondary N) is 1. The van der Waals surface area contributed by atoms with Gasteiger partial charge in [-0.3, -0.25) is 0 Å². The van der Waals surface area contributed by atoms with Crippen molar-refractivity contribution in [1.82, 2.24) is 9.97 Å². The van der Waals surface area contributed by atoms with Crippen molar-refractivity contribution in [2.45, 2.75) is 67.0 Å². The van der Waals surface area contributed by atoms with Crippen molar-refractivity contribution in [1.29, 1.82) is 0 Å². The van der Waals surface area contributed by atoms with Gasteiger partial charge in [-0.1, -0.05) is 46.4 Å². The van der Waals surface area contributed by atoms with Crippen molar-refractivity contribution in [2.24, 2.45) is 0 Å². The molecule has 2 aromatic rings. The maximum Gasteiger partial charge on any atom is 0.162 e. The van der Waals surface area contributed by atoms with E-state index >= 15 is 0 Å². The Balaban J connectivity index is 0.00000141. The first-order valence-corrected chi connectivity index (χ1v) is 12.0. The maximum absolute atomic E-state index is 6.12. The fourth-order valence-corrected chi connectivity index (χ4v) is 3.06. The van der Waals surface area contributed by atoms with Crippen LogP contribution in [0.3, 0.4) is 0 Å². The first-order valence-electron chi connectivity index (χ1n) is 12.0. The highest BCUT2D eigenvalue weighted by Crippen LogP contribution is 2.36. The predicted molar refractivity (Wildman–Crippen MR) is 143 cm³/mol. The summed E-state index contributed by atoms with van der Waals surface area (Å²) in [4.78, 5) is 9.16. The van der Waals surface area contributed by atoms with Crippen LogP contribution in [0.5, 0.6) is 11.5 Å². The number of ether oxygens (including phenoxy) is 4. The van der Waals surface area contributed by atoms with E-state index < -0.39 is 0 Å². The molecular weight excluding hydrogens is 430 g/mol. The lowest BCUT2D eigenvalue weighted by molar-refractivity contribution is 0.139. The number of nitrogens with zero attached hydrogens (tertiary/aromatic N) is 2. The molecule has 1 N–H and O–H groups in total. The molecule has 0 saturated carbocycles. The average molecular weight is 476 g/mol. The zero-order chi connectivity index (χ0) is 26.1. The van der Waals surface area contributed by atoms with Crippen molar-refractivity contribution < 1.29 is 18.9 Å². The second-order valence-corrected chi connectivity index (χ2v) is 7.09. The van der Waals surface area contributed by atoms with E-state index in [4.69, 9.17) is 14.2 Å². The van der Waals surface area contributed by atoms with E-state index in [1.54, 1.807) is 21.3 Å². The number of benzene rings is 1. The van der Waals surface area contributed by atoms with Gasteiger partial charge < -0.3 is 24.3 Å². The van der Waals surface area contributed by atoms with Crippen LogP contribution in [0, 0.1) is 6.92 Å². The quantitative estimate of drug-likeness (QED) is 0.467. The molecule has 1 saturated heterocycles. The summed E-state index contributed by atoms with van der Waals surface area (Å²) in [6, 6.07) is 3.87. The van der Waals surface area contributed by atoms with E-state index in [-0.39, 0.29) is 12.1 Å². The molecule has 1 fully saturated rings. The van der Waals surface area contributed by atoms with Crippen LogP contribution in [0.15, 0.2) is 36.4 Å². The number of allylic oxidation sites excluding steroid dienone is 1. The van der Waals surface area contributed by atoms with Crippen LogP contribution >= 0.6 is 0 Å². The van der Waals surface area contributed by atoms with Gasteiger partial charge in [0.1, 0.15) is 17.7 Å². The minimum atomic E-state index is 0.0347. The van der Waals surface area contributed by atoms with Crippen LogP contribution in [-0.2, 0) is 9.47 Å². The summed E-state index contributed by atoms with van der Waals surface area (Å²) in [6.07, 6.45) is 4.87. The summed E-state index contributed by atoms with van der Waals surface area (Å²) in [5.41, 5.74) is 1.79. The molecule has 0 amide bonds. The Labute approximate surface area is 206 Å². The second kappa shape index (κ2) is 17.8. The van der Waals surface area contributed by atoms with Gasteiger partial charge in [0.15, 0.2) is 11.5 Å². The van der Waals surface area contributed by atoms with Gasteiger partial charge in [-0.2, -0.15) is 0 Å². The van der Waals surface area contributed by atoms with Crippen molar-refractivity contribution >= 4 is 16.7 Å². The number of anilines is 1. The number of rotatable bonds is 7. The molecule has 0 spiro atoms. The number of methoxy groups -OCH3 is 2. The van der Waals surface area contributed by atoms with Gasteiger partial charge >= 0.3 is 0 Å². The van der Waals surface area contributed by atoms with E-state index in [2.05, 4.69) is 33.5 Å². The molecule has 1 aliphatic heterocycles. The summed E-state index contributed by atoms with van der Waals surface area (Å²) in [5, 5.41) is 4.33. The topological polar surface area (TPSA) is 74.7 Å². The summed E-state index contributed by atoms with van der Waals surface area (Å²) < 4.78 is 21.3. The third-order valence-corrected chi connectivity index (χ3v) is 4.56. The third-order valence-electron chi connectivity index (χ3n) is 4.56. The minimum absolute atomic E-state index is 0.0347. The summed E-state index contributed by atoms with van der Waals surface area (Å²) in [5.74, 6) is 2.78. The van der Waals surface area contributed by atoms with E-state index in [1.807, 2.05) is 65.8 Å². The van der Waals surface area contributed by atoms with Gasteiger partial charge in [0.2, 0.25) is 0 Å². The lowest BCUT2D eigenvalue weighted by Crippen LogP contribution is -2.18. The van der Waals surface area contributed by atoms with Crippen molar-refractivity contribution in [2.75, 3.05) is 39.9 Å². The molecule has 1 aromatic carbocycles. The van der Waals surface area contributed by atoms with Gasteiger partial charge in [-0.05, 0) is 32.4 Å². The van der Waals surface area contributed by atoms with Gasteiger partial charge in [-0.25, -0.2) is 9.97 Å². The first-order chi connectivity index (χ1) is 16.4. The maximum atomic E-state index is 6.12. The van der Waals surface area contributed by atoms with Crippen LogP contribution < -0.4 is 14.8 Å². The lowest BCUT2D eigenvalue weighted by Gasteiger charge is -2.19. The fraction of sp³-hybridized carbons (Fsp3) is 0.556. The molecule has 192 valence electrons. The summed E-state index contributed by atoms with van der Waals surface area (Å²) in [7, 11) is 4.88. The number of hydrogen-bond acceptors (Lipinski definition) is 7. The zero-order valence-corrected chi connectivity index (χ0v) is 22.8. The van der Waals surface area contributed by atoms with Crippen molar-refractivity contribution in [3.05, 3.63) is 42.3 Å². The Bertz CT molecular complexity index is 878. The molecule has 2 atom stereocenters. The summed E-state index contributed by atoms with van der Waals surface area (Å²) >= 11 is 0. The second-order valence-electron chi connectivity index (χ2n) is 7.09. The smallest absolute Gasteiger partial charge is 0.162 e. The van der Waals surface area contributed by atoms with Crippen LogP contribution in [0.2, 0.25) is 0 Å². The Morgan fingerprint density at radius 3 is 2.32 bits per heavy atom. The van der Waals surface area contributed by atoms with Crippen molar-refractivity contribution in [3.63, 3.8) is 0 Å². The van der Waals surface area contributed by atoms with E-state index in [1.165, 1.54) is 0 Å². The van der Waals surface area contributed by atoms with Gasteiger partial charge in [0, 0.05) is 38.1 Å². The van der Waals surface area contributed by atoms with Gasteiger partial charge in [0.05, 0.1) is 25.8 Å².